The minimum atomic E-state index is -0.688. The van der Waals surface area contributed by atoms with Crippen molar-refractivity contribution in [3.63, 3.8) is 0 Å². The van der Waals surface area contributed by atoms with Crippen LogP contribution in [-0.4, -0.2) is 29.0 Å². The maximum atomic E-state index is 14.4. The number of benzene rings is 2. The third kappa shape index (κ3) is 3.08. The van der Waals surface area contributed by atoms with E-state index in [4.69, 9.17) is 0 Å². The molecule has 4 rings (SSSR count). The summed E-state index contributed by atoms with van der Waals surface area (Å²) in [7, 11) is 0. The van der Waals surface area contributed by atoms with E-state index in [1.807, 2.05) is 6.07 Å². The smallest absolute Gasteiger partial charge is 0.275 e. The summed E-state index contributed by atoms with van der Waals surface area (Å²) in [5.74, 6) is -1.95. The summed E-state index contributed by atoms with van der Waals surface area (Å²) in [5, 5.41) is 2.48. The SMILES string of the molecule is O=C(Nc1cc(F)c(N2CCCC2)c(F)c1)c1cnc2ccccc2n1. The fourth-order valence-corrected chi connectivity index (χ4v) is 3.14. The van der Waals surface area contributed by atoms with Gasteiger partial charge >= 0.3 is 0 Å². The molecule has 26 heavy (non-hydrogen) atoms. The monoisotopic (exact) mass is 354 g/mol. The average molecular weight is 354 g/mol. The Morgan fingerprint density at radius 3 is 2.38 bits per heavy atom. The lowest BCUT2D eigenvalue weighted by Crippen LogP contribution is -2.21. The first-order valence-electron chi connectivity index (χ1n) is 8.39. The van der Waals surface area contributed by atoms with Gasteiger partial charge in [0.1, 0.15) is 11.4 Å². The lowest BCUT2D eigenvalue weighted by Gasteiger charge is -2.19. The third-order valence-electron chi connectivity index (χ3n) is 4.38. The summed E-state index contributed by atoms with van der Waals surface area (Å²) in [6, 6.07) is 9.39. The molecule has 2 aromatic carbocycles. The molecule has 1 aliphatic rings. The van der Waals surface area contributed by atoms with Crippen molar-refractivity contribution in [1.82, 2.24) is 9.97 Å². The molecular formula is C19H16F2N4O. The molecule has 1 fully saturated rings. The number of fused-ring (bicyclic) bond motifs is 1. The molecule has 1 amide bonds. The highest BCUT2D eigenvalue weighted by atomic mass is 19.1. The van der Waals surface area contributed by atoms with Crippen LogP contribution in [0.5, 0.6) is 0 Å². The van der Waals surface area contributed by atoms with E-state index in [1.165, 1.54) is 6.20 Å². The van der Waals surface area contributed by atoms with Gasteiger partial charge in [-0.05, 0) is 37.1 Å². The van der Waals surface area contributed by atoms with E-state index >= 15 is 0 Å². The topological polar surface area (TPSA) is 58.1 Å². The van der Waals surface area contributed by atoms with Gasteiger partial charge in [0.05, 0.1) is 17.2 Å². The molecule has 0 bridgehead atoms. The number of nitrogens with one attached hydrogen (secondary N) is 1. The first-order valence-corrected chi connectivity index (χ1v) is 8.39. The number of hydrogen-bond acceptors (Lipinski definition) is 4. The first kappa shape index (κ1) is 16.4. The zero-order valence-corrected chi connectivity index (χ0v) is 13.9. The van der Waals surface area contributed by atoms with Crippen molar-refractivity contribution in [2.75, 3.05) is 23.3 Å². The van der Waals surface area contributed by atoms with E-state index in [-0.39, 0.29) is 17.1 Å². The maximum Gasteiger partial charge on any atom is 0.275 e. The van der Waals surface area contributed by atoms with Crippen LogP contribution < -0.4 is 10.2 Å². The van der Waals surface area contributed by atoms with Crippen LogP contribution in [0.25, 0.3) is 11.0 Å². The van der Waals surface area contributed by atoms with E-state index in [0.29, 0.717) is 24.1 Å². The van der Waals surface area contributed by atoms with Gasteiger partial charge in [-0.2, -0.15) is 0 Å². The van der Waals surface area contributed by atoms with Crippen LogP contribution in [0.4, 0.5) is 20.2 Å². The molecule has 1 aromatic heterocycles. The van der Waals surface area contributed by atoms with E-state index in [1.54, 1.807) is 23.1 Å². The van der Waals surface area contributed by atoms with Crippen LogP contribution in [0.2, 0.25) is 0 Å². The summed E-state index contributed by atoms with van der Waals surface area (Å²) in [4.78, 5) is 22.4. The van der Waals surface area contributed by atoms with Crippen molar-refractivity contribution >= 4 is 28.3 Å². The predicted molar refractivity (Wildman–Crippen MR) is 95.3 cm³/mol. The van der Waals surface area contributed by atoms with Crippen LogP contribution in [0.1, 0.15) is 23.3 Å². The number of hydrogen-bond donors (Lipinski definition) is 1. The van der Waals surface area contributed by atoms with Gasteiger partial charge in [0.2, 0.25) is 0 Å². The zero-order chi connectivity index (χ0) is 18.1. The van der Waals surface area contributed by atoms with Crippen molar-refractivity contribution in [2.24, 2.45) is 0 Å². The molecule has 1 N–H and O–H groups in total. The molecule has 0 unspecified atom stereocenters. The Bertz CT molecular complexity index is 963. The van der Waals surface area contributed by atoms with Crippen LogP contribution >= 0.6 is 0 Å². The minimum Gasteiger partial charge on any atom is -0.367 e. The molecule has 2 heterocycles. The summed E-state index contributed by atoms with van der Waals surface area (Å²) >= 11 is 0. The van der Waals surface area contributed by atoms with Gasteiger partial charge in [0.15, 0.2) is 11.6 Å². The highest BCUT2D eigenvalue weighted by molar-refractivity contribution is 6.03. The Morgan fingerprint density at radius 1 is 1.04 bits per heavy atom. The molecule has 1 aliphatic heterocycles. The summed E-state index contributed by atoms with van der Waals surface area (Å²) < 4.78 is 28.7. The molecule has 1 saturated heterocycles. The third-order valence-corrected chi connectivity index (χ3v) is 4.38. The van der Waals surface area contributed by atoms with Gasteiger partial charge in [-0.25, -0.2) is 13.8 Å². The minimum absolute atomic E-state index is 0.0361. The van der Waals surface area contributed by atoms with Gasteiger partial charge < -0.3 is 10.2 Å². The molecule has 3 aromatic rings. The fraction of sp³-hybridized carbons (Fsp3) is 0.211. The highest BCUT2D eigenvalue weighted by Crippen LogP contribution is 2.29. The van der Waals surface area contributed by atoms with E-state index in [9.17, 15) is 13.6 Å². The number of para-hydroxylation sites is 2. The number of anilines is 2. The predicted octanol–water partition coefficient (Wildman–Crippen LogP) is 3.76. The quantitative estimate of drug-likeness (QED) is 0.778. The summed E-state index contributed by atoms with van der Waals surface area (Å²) in [5.41, 5.74) is 1.32. The fourth-order valence-electron chi connectivity index (χ4n) is 3.14. The number of carbonyl (C=O) groups excluding carboxylic acids is 1. The van der Waals surface area contributed by atoms with Crippen LogP contribution in [0, 0.1) is 11.6 Å². The number of aromatic nitrogens is 2. The van der Waals surface area contributed by atoms with Crippen LogP contribution in [0.15, 0.2) is 42.6 Å². The Balaban J connectivity index is 1.58. The van der Waals surface area contributed by atoms with E-state index in [0.717, 1.165) is 25.0 Å². The van der Waals surface area contributed by atoms with E-state index in [2.05, 4.69) is 15.3 Å². The molecule has 5 nitrogen and oxygen atoms in total. The van der Waals surface area contributed by atoms with Crippen molar-refractivity contribution in [2.45, 2.75) is 12.8 Å². The summed E-state index contributed by atoms with van der Waals surface area (Å²) in [6.45, 7) is 1.26. The molecule has 0 saturated carbocycles. The Labute approximate surface area is 148 Å². The Morgan fingerprint density at radius 2 is 1.69 bits per heavy atom. The van der Waals surface area contributed by atoms with Gasteiger partial charge in [0.25, 0.3) is 5.91 Å². The lowest BCUT2D eigenvalue weighted by atomic mass is 10.2. The average Bonchev–Trinajstić information content (AvgIpc) is 3.15. The van der Waals surface area contributed by atoms with Gasteiger partial charge in [-0.15, -0.1) is 0 Å². The van der Waals surface area contributed by atoms with Crippen molar-refractivity contribution in [3.8, 4) is 0 Å². The molecule has 0 atom stereocenters. The van der Waals surface area contributed by atoms with Gasteiger partial charge in [-0.1, -0.05) is 12.1 Å². The zero-order valence-electron chi connectivity index (χ0n) is 13.9. The van der Waals surface area contributed by atoms with Crippen LogP contribution in [0.3, 0.4) is 0 Å². The molecule has 0 radical (unpaired) electrons. The molecule has 7 heteroatoms. The van der Waals surface area contributed by atoms with Crippen molar-refractivity contribution in [1.29, 1.82) is 0 Å². The maximum absolute atomic E-state index is 14.4. The van der Waals surface area contributed by atoms with E-state index < -0.39 is 17.5 Å². The molecule has 132 valence electrons. The number of carbonyl (C=O) groups is 1. The molecule has 0 spiro atoms. The number of rotatable bonds is 3. The summed E-state index contributed by atoms with van der Waals surface area (Å²) in [6.07, 6.45) is 3.17. The number of nitrogens with zero attached hydrogens (tertiary/aromatic N) is 3. The number of halogens is 2. The standard InChI is InChI=1S/C19H16F2N4O/c20-13-9-12(10-14(21)18(13)25-7-3-4-8-25)23-19(26)17-11-22-15-5-1-2-6-16(15)24-17/h1-2,5-6,9-11H,3-4,7-8H2,(H,23,26). The van der Waals surface area contributed by atoms with Gasteiger partial charge in [-0.3, -0.25) is 9.78 Å². The Kier molecular flexibility index (Phi) is 4.20. The molecular weight excluding hydrogens is 338 g/mol. The van der Waals surface area contributed by atoms with Crippen molar-refractivity contribution in [3.05, 3.63) is 59.9 Å². The second kappa shape index (κ2) is 6.67. The van der Waals surface area contributed by atoms with Gasteiger partial charge in [0, 0.05) is 18.8 Å². The lowest BCUT2D eigenvalue weighted by molar-refractivity contribution is 0.102. The van der Waals surface area contributed by atoms with Crippen molar-refractivity contribution < 1.29 is 13.6 Å². The molecule has 0 aliphatic carbocycles. The highest BCUT2D eigenvalue weighted by Gasteiger charge is 2.21. The van der Waals surface area contributed by atoms with Crippen LogP contribution in [-0.2, 0) is 0 Å². The Hall–Kier alpha value is -3.09. The largest absolute Gasteiger partial charge is 0.367 e. The first-order chi connectivity index (χ1) is 12.6. The normalized spacial score (nSPS) is 14.0. The number of amides is 1. The second-order valence-corrected chi connectivity index (χ2v) is 6.18. The second-order valence-electron chi connectivity index (χ2n) is 6.18.